The van der Waals surface area contributed by atoms with Crippen molar-refractivity contribution in [2.75, 3.05) is 0 Å². The van der Waals surface area contributed by atoms with Crippen LogP contribution in [0.25, 0.3) is 6.20 Å². The smallest absolute Gasteiger partial charge is 0.181 e. The summed E-state index contributed by atoms with van der Waals surface area (Å²) in [6.07, 6.45) is 11.5. The Bertz CT molecular complexity index is 253. The molecule has 0 aliphatic rings. The van der Waals surface area contributed by atoms with Gasteiger partial charge in [-0.15, -0.1) is 0 Å². The number of hydrogen-bond acceptors (Lipinski definition) is 1. The quantitative estimate of drug-likeness (QED) is 0.724. The molecule has 66 valence electrons. The molecule has 1 rings (SSSR count). The summed E-state index contributed by atoms with van der Waals surface area (Å²) in [6, 6.07) is 0. The van der Waals surface area contributed by atoms with E-state index in [0.717, 1.165) is 11.2 Å². The van der Waals surface area contributed by atoms with Gasteiger partial charge in [-0.05, 0) is 22.4 Å². The molecule has 0 fully saturated rings. The lowest BCUT2D eigenvalue weighted by atomic mass is 10.2. The van der Waals surface area contributed by atoms with E-state index in [1.807, 2.05) is 17.0 Å². The predicted molar refractivity (Wildman–Crippen MR) is 54.8 cm³/mol. The molecule has 0 N–H and O–H groups in total. The highest BCUT2D eigenvalue weighted by Gasteiger charge is 1.91. The van der Waals surface area contributed by atoms with Crippen molar-refractivity contribution in [2.24, 2.45) is 0 Å². The first-order valence-corrected chi connectivity index (χ1v) is 4.99. The molecule has 0 bridgehead atoms. The van der Waals surface area contributed by atoms with Crippen LogP contribution in [0.5, 0.6) is 0 Å². The second-order valence-electron chi connectivity index (χ2n) is 2.63. The van der Waals surface area contributed by atoms with Crippen LogP contribution >= 0.6 is 15.9 Å². The van der Waals surface area contributed by atoms with Gasteiger partial charge >= 0.3 is 0 Å². The fraction of sp³-hybridized carbons (Fsp3) is 0.444. The summed E-state index contributed by atoms with van der Waals surface area (Å²) in [5.41, 5.74) is 0. The highest BCUT2D eigenvalue weighted by molar-refractivity contribution is 9.10. The Morgan fingerprint density at radius 2 is 2.50 bits per heavy atom. The molecule has 1 aromatic rings. The zero-order valence-electron chi connectivity index (χ0n) is 7.20. The van der Waals surface area contributed by atoms with Gasteiger partial charge in [-0.25, -0.2) is 4.98 Å². The van der Waals surface area contributed by atoms with Crippen LogP contribution in [0.1, 0.15) is 26.2 Å². The maximum Gasteiger partial charge on any atom is 0.181 e. The molecule has 0 radical (unpaired) electrons. The molecule has 2 nitrogen and oxygen atoms in total. The fourth-order valence-electron chi connectivity index (χ4n) is 0.916. The van der Waals surface area contributed by atoms with Gasteiger partial charge < -0.3 is 4.57 Å². The Morgan fingerprint density at radius 1 is 1.67 bits per heavy atom. The van der Waals surface area contributed by atoms with Gasteiger partial charge in [-0.3, -0.25) is 0 Å². The molecule has 12 heavy (non-hydrogen) atoms. The average Bonchev–Trinajstić information content (AvgIpc) is 2.46. The highest BCUT2D eigenvalue weighted by atomic mass is 79.9. The molecule has 0 aromatic carbocycles. The molecular formula is C9H13BrN2. The summed E-state index contributed by atoms with van der Waals surface area (Å²) in [5, 5.41) is 0. The van der Waals surface area contributed by atoms with Crippen molar-refractivity contribution in [3.8, 4) is 0 Å². The normalized spacial score (nSPS) is 11.2. The number of imidazole rings is 1. The summed E-state index contributed by atoms with van der Waals surface area (Å²) < 4.78 is 2.81. The van der Waals surface area contributed by atoms with Gasteiger partial charge in [0.25, 0.3) is 0 Å². The third-order valence-electron chi connectivity index (χ3n) is 1.61. The number of aromatic nitrogens is 2. The van der Waals surface area contributed by atoms with Crippen molar-refractivity contribution in [1.29, 1.82) is 0 Å². The predicted octanol–water partition coefficient (Wildman–Crippen LogP) is 3.31. The molecule has 3 heteroatoms. The minimum absolute atomic E-state index is 0.857. The number of nitrogens with zero attached hydrogens (tertiary/aromatic N) is 2. The highest BCUT2D eigenvalue weighted by Crippen LogP contribution is 2.06. The van der Waals surface area contributed by atoms with Crippen LogP contribution < -0.4 is 0 Å². The number of hydrogen-bond donors (Lipinski definition) is 0. The third-order valence-corrected chi connectivity index (χ3v) is 2.23. The fourth-order valence-corrected chi connectivity index (χ4v) is 1.27. The van der Waals surface area contributed by atoms with Gasteiger partial charge in [0.1, 0.15) is 0 Å². The first-order chi connectivity index (χ1) is 5.84. The van der Waals surface area contributed by atoms with Crippen molar-refractivity contribution in [3.05, 3.63) is 23.2 Å². The lowest BCUT2D eigenvalue weighted by Crippen LogP contribution is -1.82. The van der Waals surface area contributed by atoms with E-state index in [0.29, 0.717) is 0 Å². The number of unbranched alkanes of at least 4 members (excludes halogenated alkanes) is 2. The van der Waals surface area contributed by atoms with Crippen LogP contribution in [0.2, 0.25) is 0 Å². The monoisotopic (exact) mass is 228 g/mol. The Kier molecular flexibility index (Phi) is 4.08. The van der Waals surface area contributed by atoms with Crippen LogP contribution in [-0.2, 0) is 0 Å². The largest absolute Gasteiger partial charge is 0.302 e. The molecule has 0 aliphatic carbocycles. The average molecular weight is 229 g/mol. The Labute approximate surface area is 81.4 Å². The van der Waals surface area contributed by atoms with E-state index in [1.165, 1.54) is 12.8 Å². The summed E-state index contributed by atoms with van der Waals surface area (Å²) in [4.78, 5) is 4.04. The van der Waals surface area contributed by atoms with E-state index >= 15 is 0 Å². The topological polar surface area (TPSA) is 17.8 Å². The maximum absolute atomic E-state index is 4.04. The molecule has 0 aliphatic heterocycles. The SMILES string of the molecule is CCCCC=Cn1ccnc1Br. The molecule has 0 saturated carbocycles. The third kappa shape index (κ3) is 2.81. The minimum atomic E-state index is 0.857. The van der Waals surface area contributed by atoms with Crippen molar-refractivity contribution >= 4 is 22.1 Å². The van der Waals surface area contributed by atoms with Crippen molar-refractivity contribution in [1.82, 2.24) is 9.55 Å². The van der Waals surface area contributed by atoms with Crippen molar-refractivity contribution in [3.63, 3.8) is 0 Å². The Morgan fingerprint density at radius 3 is 3.08 bits per heavy atom. The van der Waals surface area contributed by atoms with Crippen LogP contribution in [0.3, 0.4) is 0 Å². The zero-order chi connectivity index (χ0) is 8.81. The lowest BCUT2D eigenvalue weighted by molar-refractivity contribution is 0.814. The minimum Gasteiger partial charge on any atom is -0.302 e. The molecule has 0 amide bonds. The van der Waals surface area contributed by atoms with Crippen LogP contribution in [0, 0.1) is 0 Å². The van der Waals surface area contributed by atoms with Crippen LogP contribution in [0.4, 0.5) is 0 Å². The van der Waals surface area contributed by atoms with Crippen molar-refractivity contribution in [2.45, 2.75) is 26.2 Å². The standard InChI is InChI=1S/C9H13BrN2/c1-2-3-4-5-7-12-8-6-11-9(12)10/h5-8H,2-4H2,1H3. The van der Waals surface area contributed by atoms with Gasteiger partial charge in [0.05, 0.1) is 0 Å². The molecule has 0 spiro atoms. The van der Waals surface area contributed by atoms with Gasteiger partial charge in [0.15, 0.2) is 4.73 Å². The van der Waals surface area contributed by atoms with Gasteiger partial charge in [-0.2, -0.15) is 0 Å². The summed E-state index contributed by atoms with van der Waals surface area (Å²) in [6.45, 7) is 2.20. The molecule has 0 unspecified atom stereocenters. The number of halogens is 1. The first kappa shape index (κ1) is 9.52. The van der Waals surface area contributed by atoms with Crippen LogP contribution in [-0.4, -0.2) is 9.55 Å². The van der Waals surface area contributed by atoms with E-state index in [2.05, 4.69) is 33.9 Å². The number of rotatable bonds is 4. The van der Waals surface area contributed by atoms with Gasteiger partial charge in [0, 0.05) is 18.6 Å². The second-order valence-corrected chi connectivity index (χ2v) is 3.34. The van der Waals surface area contributed by atoms with Crippen LogP contribution in [0.15, 0.2) is 23.2 Å². The molecule has 0 saturated heterocycles. The zero-order valence-corrected chi connectivity index (χ0v) is 8.79. The summed E-state index contributed by atoms with van der Waals surface area (Å²) in [7, 11) is 0. The molecule has 0 atom stereocenters. The van der Waals surface area contributed by atoms with Gasteiger partial charge in [0.2, 0.25) is 0 Å². The first-order valence-electron chi connectivity index (χ1n) is 4.19. The second kappa shape index (κ2) is 5.14. The lowest BCUT2D eigenvalue weighted by Gasteiger charge is -1.93. The number of allylic oxidation sites excluding steroid dienone is 1. The van der Waals surface area contributed by atoms with E-state index in [1.54, 1.807) is 6.20 Å². The van der Waals surface area contributed by atoms with Crippen molar-refractivity contribution < 1.29 is 0 Å². The van der Waals surface area contributed by atoms with E-state index in [4.69, 9.17) is 0 Å². The van der Waals surface area contributed by atoms with E-state index in [9.17, 15) is 0 Å². The molecule has 1 aromatic heterocycles. The van der Waals surface area contributed by atoms with E-state index in [-0.39, 0.29) is 0 Å². The Hall–Kier alpha value is -0.570. The summed E-state index contributed by atoms with van der Waals surface area (Å²) >= 11 is 3.34. The van der Waals surface area contributed by atoms with E-state index < -0.39 is 0 Å². The molecule has 1 heterocycles. The maximum atomic E-state index is 4.04. The molecular weight excluding hydrogens is 216 g/mol. The summed E-state index contributed by atoms with van der Waals surface area (Å²) in [5.74, 6) is 0. The Balaban J connectivity index is 2.41. The van der Waals surface area contributed by atoms with Gasteiger partial charge in [-0.1, -0.05) is 25.8 Å².